The zero-order valence-electron chi connectivity index (χ0n) is 16.1. The summed E-state index contributed by atoms with van der Waals surface area (Å²) in [5.74, 6) is 0.362. The molecule has 148 valence electrons. The Hall–Kier alpha value is -2.41. The van der Waals surface area contributed by atoms with Crippen molar-refractivity contribution in [3.05, 3.63) is 40.4 Å². The van der Waals surface area contributed by atoms with Gasteiger partial charge in [-0.05, 0) is 50.3 Å². The van der Waals surface area contributed by atoms with Gasteiger partial charge in [0, 0.05) is 23.5 Å². The molecule has 2 amide bonds. The zero-order valence-corrected chi connectivity index (χ0v) is 16.9. The number of aromatic nitrogens is 1. The number of carbonyl (C=O) groups excluding carboxylic acids is 2. The van der Waals surface area contributed by atoms with E-state index in [9.17, 15) is 9.59 Å². The number of ether oxygens (including phenoxy) is 1. The number of carbonyl (C=O) groups is 2. The molecule has 1 N–H and O–H groups in total. The van der Waals surface area contributed by atoms with Gasteiger partial charge in [-0.15, -0.1) is 11.3 Å². The van der Waals surface area contributed by atoms with E-state index in [1.807, 2.05) is 6.07 Å². The van der Waals surface area contributed by atoms with Gasteiger partial charge < -0.3 is 15.0 Å². The van der Waals surface area contributed by atoms with Gasteiger partial charge in [0.05, 0.1) is 18.7 Å². The molecule has 2 aliphatic rings. The fourth-order valence-electron chi connectivity index (χ4n) is 3.89. The fraction of sp³-hybridized carbons (Fsp3) is 0.476. The molecule has 1 atom stereocenters. The minimum Gasteiger partial charge on any atom is -0.497 e. The standard InChI is InChI=1S/C21H25N3O3S/c1-27-16-7-5-6-14(12-16)20(26)24-11-10-15(13-24)19(25)23-21-22-17-8-3-2-4-9-18(17)28-21/h5-7,12,15H,2-4,8-11,13H2,1H3,(H,22,23,25). The molecule has 1 unspecified atom stereocenters. The monoisotopic (exact) mass is 399 g/mol. The molecule has 28 heavy (non-hydrogen) atoms. The number of amides is 2. The molecule has 6 nitrogen and oxygen atoms in total. The molecule has 1 aliphatic carbocycles. The van der Waals surface area contributed by atoms with Crippen molar-refractivity contribution < 1.29 is 14.3 Å². The Morgan fingerprint density at radius 2 is 2.11 bits per heavy atom. The molecule has 0 radical (unpaired) electrons. The van der Waals surface area contributed by atoms with Gasteiger partial charge in [0.25, 0.3) is 5.91 Å². The van der Waals surface area contributed by atoms with E-state index in [0.29, 0.717) is 36.0 Å². The van der Waals surface area contributed by atoms with Gasteiger partial charge in [-0.2, -0.15) is 0 Å². The summed E-state index contributed by atoms with van der Waals surface area (Å²) in [5.41, 5.74) is 1.74. The third-order valence-electron chi connectivity index (χ3n) is 5.49. The predicted molar refractivity (Wildman–Crippen MR) is 109 cm³/mol. The van der Waals surface area contributed by atoms with Gasteiger partial charge in [-0.25, -0.2) is 4.98 Å². The highest BCUT2D eigenvalue weighted by Gasteiger charge is 2.32. The second-order valence-electron chi connectivity index (χ2n) is 7.41. The molecule has 1 aromatic carbocycles. The molecule has 2 aromatic rings. The maximum Gasteiger partial charge on any atom is 0.254 e. The Balaban J connectivity index is 1.37. The third kappa shape index (κ3) is 4.04. The highest BCUT2D eigenvalue weighted by molar-refractivity contribution is 7.15. The Morgan fingerprint density at radius 3 is 2.96 bits per heavy atom. The normalized spacial score (nSPS) is 19.0. The molecule has 1 saturated heterocycles. The molecule has 1 aromatic heterocycles. The summed E-state index contributed by atoms with van der Waals surface area (Å²) in [6.07, 6.45) is 6.38. The number of likely N-dealkylation sites (tertiary alicyclic amines) is 1. The lowest BCUT2D eigenvalue weighted by Gasteiger charge is -2.16. The number of methoxy groups -OCH3 is 1. The molecule has 2 heterocycles. The summed E-state index contributed by atoms with van der Waals surface area (Å²) in [5, 5.41) is 3.69. The summed E-state index contributed by atoms with van der Waals surface area (Å²) in [7, 11) is 1.58. The van der Waals surface area contributed by atoms with E-state index in [1.165, 1.54) is 24.1 Å². The number of thiazole rings is 1. The SMILES string of the molecule is COc1cccc(C(=O)N2CCC(C(=O)Nc3nc4c(s3)CCCCC4)C2)c1. The molecule has 1 fully saturated rings. The fourth-order valence-corrected chi connectivity index (χ4v) is 4.94. The molecule has 0 bridgehead atoms. The van der Waals surface area contributed by atoms with Crippen molar-refractivity contribution in [1.82, 2.24) is 9.88 Å². The number of hydrogen-bond donors (Lipinski definition) is 1. The van der Waals surface area contributed by atoms with Crippen LogP contribution in [-0.4, -0.2) is 41.9 Å². The third-order valence-corrected chi connectivity index (χ3v) is 6.56. The summed E-state index contributed by atoms with van der Waals surface area (Å²) >= 11 is 1.61. The van der Waals surface area contributed by atoms with Gasteiger partial charge in [0.1, 0.15) is 5.75 Å². The number of fused-ring (bicyclic) bond motifs is 1. The zero-order chi connectivity index (χ0) is 19.5. The molecule has 0 saturated carbocycles. The largest absolute Gasteiger partial charge is 0.497 e. The second-order valence-corrected chi connectivity index (χ2v) is 8.49. The van der Waals surface area contributed by atoms with E-state index in [0.717, 1.165) is 18.5 Å². The van der Waals surface area contributed by atoms with Gasteiger partial charge in [0.2, 0.25) is 5.91 Å². The number of aryl methyl sites for hydroxylation is 2. The quantitative estimate of drug-likeness (QED) is 0.799. The number of anilines is 1. The maximum atomic E-state index is 12.7. The smallest absolute Gasteiger partial charge is 0.254 e. The van der Waals surface area contributed by atoms with Crippen molar-refractivity contribution in [1.29, 1.82) is 0 Å². The topological polar surface area (TPSA) is 71.5 Å². The van der Waals surface area contributed by atoms with E-state index in [1.54, 1.807) is 41.5 Å². The molecular formula is C21H25N3O3S. The van der Waals surface area contributed by atoms with Crippen LogP contribution in [0.3, 0.4) is 0 Å². The van der Waals surface area contributed by atoms with Crippen molar-refractivity contribution in [2.45, 2.75) is 38.5 Å². The van der Waals surface area contributed by atoms with Crippen molar-refractivity contribution in [2.24, 2.45) is 5.92 Å². The Morgan fingerprint density at radius 1 is 1.25 bits per heavy atom. The van der Waals surface area contributed by atoms with Crippen LogP contribution >= 0.6 is 11.3 Å². The van der Waals surface area contributed by atoms with Crippen molar-refractivity contribution in [3.8, 4) is 5.75 Å². The molecule has 1 aliphatic heterocycles. The van der Waals surface area contributed by atoms with Crippen molar-refractivity contribution in [3.63, 3.8) is 0 Å². The lowest BCUT2D eigenvalue weighted by atomic mass is 10.1. The van der Waals surface area contributed by atoms with Gasteiger partial charge in [-0.1, -0.05) is 12.5 Å². The van der Waals surface area contributed by atoms with Crippen LogP contribution in [0.15, 0.2) is 24.3 Å². The second kappa shape index (κ2) is 8.31. The van der Waals surface area contributed by atoms with E-state index in [-0.39, 0.29) is 17.7 Å². The molecular weight excluding hydrogens is 374 g/mol. The molecule has 0 spiro atoms. The Kier molecular flexibility index (Phi) is 5.62. The summed E-state index contributed by atoms with van der Waals surface area (Å²) in [6, 6.07) is 7.13. The van der Waals surface area contributed by atoms with Crippen molar-refractivity contribution in [2.75, 3.05) is 25.5 Å². The van der Waals surface area contributed by atoms with Gasteiger partial charge >= 0.3 is 0 Å². The molecule has 7 heteroatoms. The van der Waals surface area contributed by atoms with Crippen LogP contribution in [0.5, 0.6) is 5.75 Å². The van der Waals surface area contributed by atoms with Gasteiger partial charge in [0.15, 0.2) is 5.13 Å². The van der Waals surface area contributed by atoms with Crippen LogP contribution < -0.4 is 10.1 Å². The first kappa shape index (κ1) is 18.9. The average molecular weight is 400 g/mol. The first-order valence-electron chi connectivity index (χ1n) is 9.87. The lowest BCUT2D eigenvalue weighted by Crippen LogP contribution is -2.31. The van der Waals surface area contributed by atoms with Crippen LogP contribution in [0.1, 0.15) is 46.6 Å². The summed E-state index contributed by atoms with van der Waals surface area (Å²) in [4.78, 5) is 33.1. The number of benzene rings is 1. The van der Waals surface area contributed by atoms with E-state index >= 15 is 0 Å². The number of rotatable bonds is 4. The maximum absolute atomic E-state index is 12.7. The van der Waals surface area contributed by atoms with Crippen LogP contribution in [0.25, 0.3) is 0 Å². The summed E-state index contributed by atoms with van der Waals surface area (Å²) in [6.45, 7) is 1.02. The van der Waals surface area contributed by atoms with E-state index < -0.39 is 0 Å². The lowest BCUT2D eigenvalue weighted by molar-refractivity contribution is -0.119. The highest BCUT2D eigenvalue weighted by atomic mass is 32.1. The van der Waals surface area contributed by atoms with Gasteiger partial charge in [-0.3, -0.25) is 9.59 Å². The Labute approximate surface area is 168 Å². The summed E-state index contributed by atoms with van der Waals surface area (Å²) < 4.78 is 5.20. The predicted octanol–water partition coefficient (Wildman–Crippen LogP) is 3.52. The molecule has 4 rings (SSSR count). The average Bonchev–Trinajstić information content (AvgIpc) is 3.30. The Bertz CT molecular complexity index is 856. The van der Waals surface area contributed by atoms with Crippen LogP contribution in [0.4, 0.5) is 5.13 Å². The highest BCUT2D eigenvalue weighted by Crippen LogP contribution is 2.30. The minimum absolute atomic E-state index is 0.0372. The number of nitrogens with zero attached hydrogens (tertiary/aromatic N) is 2. The van der Waals surface area contributed by atoms with E-state index in [2.05, 4.69) is 10.3 Å². The first-order chi connectivity index (χ1) is 13.6. The first-order valence-corrected chi connectivity index (χ1v) is 10.7. The van der Waals surface area contributed by atoms with Crippen molar-refractivity contribution >= 4 is 28.3 Å². The van der Waals surface area contributed by atoms with E-state index in [4.69, 9.17) is 4.74 Å². The van der Waals surface area contributed by atoms with Crippen LogP contribution in [-0.2, 0) is 17.6 Å². The minimum atomic E-state index is -0.196. The number of nitrogens with one attached hydrogen (secondary N) is 1. The van der Waals surface area contributed by atoms with Crippen LogP contribution in [0.2, 0.25) is 0 Å². The van der Waals surface area contributed by atoms with Crippen LogP contribution in [0, 0.1) is 5.92 Å². The number of hydrogen-bond acceptors (Lipinski definition) is 5.